The van der Waals surface area contributed by atoms with Crippen LogP contribution in [0.2, 0.25) is 0 Å². The Morgan fingerprint density at radius 2 is 2.00 bits per heavy atom. The van der Waals surface area contributed by atoms with Crippen molar-refractivity contribution < 1.29 is 14.7 Å². The second-order valence-corrected chi connectivity index (χ2v) is 4.94. The van der Waals surface area contributed by atoms with Crippen LogP contribution in [0.3, 0.4) is 0 Å². The van der Waals surface area contributed by atoms with Crippen LogP contribution in [0.4, 0.5) is 5.69 Å². The second-order valence-electron chi connectivity index (χ2n) is 4.94. The minimum atomic E-state index is -1.07. The summed E-state index contributed by atoms with van der Waals surface area (Å²) in [5.41, 5.74) is 1.12. The molecule has 0 aliphatic carbocycles. The third-order valence-corrected chi connectivity index (χ3v) is 3.21. The van der Waals surface area contributed by atoms with Crippen molar-refractivity contribution in [1.82, 2.24) is 0 Å². The highest BCUT2D eigenvalue weighted by molar-refractivity contribution is 6.16. The molecule has 1 heterocycles. The first kappa shape index (κ1) is 13.3. The molecule has 1 atom stereocenters. The van der Waals surface area contributed by atoms with Gasteiger partial charge in [-0.15, -0.1) is 0 Å². The summed E-state index contributed by atoms with van der Waals surface area (Å²) in [5, 5.41) is 14.6. The first-order valence-electron chi connectivity index (χ1n) is 6.15. The van der Waals surface area contributed by atoms with Gasteiger partial charge in [0.1, 0.15) is 0 Å². The van der Waals surface area contributed by atoms with Crippen LogP contribution in [-0.2, 0) is 4.79 Å². The number of para-hydroxylation sites is 1. The van der Waals surface area contributed by atoms with Gasteiger partial charge >= 0.3 is 5.97 Å². The van der Waals surface area contributed by atoms with Crippen LogP contribution < -0.4 is 5.01 Å². The predicted molar refractivity (Wildman–Crippen MR) is 72.3 cm³/mol. The Bertz CT molecular complexity index is 564. The first-order chi connectivity index (χ1) is 8.93. The molecule has 2 rings (SSSR count). The summed E-state index contributed by atoms with van der Waals surface area (Å²) in [6.07, 6.45) is 0. The molecule has 5 nitrogen and oxygen atoms in total. The smallest absolute Gasteiger partial charge is 0.337 e. The van der Waals surface area contributed by atoms with E-state index < -0.39 is 5.97 Å². The van der Waals surface area contributed by atoms with Gasteiger partial charge in [0.05, 0.1) is 17.2 Å². The summed E-state index contributed by atoms with van der Waals surface area (Å²) in [6.45, 7) is 5.70. The van der Waals surface area contributed by atoms with E-state index in [0.717, 1.165) is 5.71 Å². The summed E-state index contributed by atoms with van der Waals surface area (Å²) in [5.74, 6) is -1.37. The predicted octanol–water partition coefficient (Wildman–Crippen LogP) is 2.38. The Morgan fingerprint density at radius 1 is 1.37 bits per heavy atom. The summed E-state index contributed by atoms with van der Waals surface area (Å²) >= 11 is 0. The van der Waals surface area contributed by atoms with Crippen molar-refractivity contribution >= 4 is 23.3 Å². The maximum atomic E-state index is 12.4. The largest absolute Gasteiger partial charge is 0.478 e. The van der Waals surface area contributed by atoms with Crippen molar-refractivity contribution in [1.29, 1.82) is 0 Å². The molecular weight excluding hydrogens is 244 g/mol. The highest BCUT2D eigenvalue weighted by atomic mass is 16.4. The van der Waals surface area contributed by atoms with Crippen LogP contribution in [0.25, 0.3) is 0 Å². The maximum absolute atomic E-state index is 12.4. The molecule has 0 fully saturated rings. The molecule has 100 valence electrons. The molecule has 1 aromatic rings. The number of amides is 1. The van der Waals surface area contributed by atoms with Crippen LogP contribution in [0, 0.1) is 11.8 Å². The standard InChI is InChI=1S/C14H16N2O3/c1-8(2)12-9(3)15-16(13(12)17)11-7-5-4-6-10(11)14(18)19/h4-8,12H,1-3H3,(H,18,19). The van der Waals surface area contributed by atoms with Crippen LogP contribution in [0.5, 0.6) is 0 Å². The average molecular weight is 260 g/mol. The number of aromatic carboxylic acids is 1. The van der Waals surface area contributed by atoms with E-state index in [4.69, 9.17) is 5.11 Å². The Labute approximate surface area is 111 Å². The number of carboxylic acids is 1. The van der Waals surface area contributed by atoms with Gasteiger partial charge in [-0.25, -0.2) is 4.79 Å². The monoisotopic (exact) mass is 260 g/mol. The van der Waals surface area contributed by atoms with Gasteiger partial charge in [-0.2, -0.15) is 10.1 Å². The Morgan fingerprint density at radius 3 is 2.53 bits per heavy atom. The van der Waals surface area contributed by atoms with E-state index in [1.54, 1.807) is 25.1 Å². The van der Waals surface area contributed by atoms with E-state index in [-0.39, 0.29) is 23.3 Å². The topological polar surface area (TPSA) is 70.0 Å². The van der Waals surface area contributed by atoms with Crippen LogP contribution in [0.15, 0.2) is 29.4 Å². The van der Waals surface area contributed by atoms with Gasteiger partial charge in [0.25, 0.3) is 5.91 Å². The Kier molecular flexibility index (Phi) is 3.38. The molecule has 1 aromatic carbocycles. The number of hydrogen-bond donors (Lipinski definition) is 1. The number of carbonyl (C=O) groups excluding carboxylic acids is 1. The van der Waals surface area contributed by atoms with E-state index in [1.807, 2.05) is 13.8 Å². The molecule has 0 aromatic heterocycles. The van der Waals surface area contributed by atoms with E-state index >= 15 is 0 Å². The van der Waals surface area contributed by atoms with Gasteiger partial charge in [-0.1, -0.05) is 26.0 Å². The van der Waals surface area contributed by atoms with Crippen molar-refractivity contribution in [3.8, 4) is 0 Å². The molecule has 0 bridgehead atoms. The first-order valence-corrected chi connectivity index (χ1v) is 6.15. The zero-order valence-corrected chi connectivity index (χ0v) is 11.1. The third-order valence-electron chi connectivity index (χ3n) is 3.21. The van der Waals surface area contributed by atoms with Crippen molar-refractivity contribution in [2.24, 2.45) is 16.9 Å². The fraction of sp³-hybridized carbons (Fsp3) is 0.357. The minimum absolute atomic E-state index is 0.0804. The Balaban J connectivity index is 2.45. The molecule has 5 heteroatoms. The van der Waals surface area contributed by atoms with Crippen LogP contribution in [0.1, 0.15) is 31.1 Å². The van der Waals surface area contributed by atoms with Crippen molar-refractivity contribution in [2.75, 3.05) is 5.01 Å². The number of hydrazone groups is 1. The van der Waals surface area contributed by atoms with E-state index in [1.165, 1.54) is 11.1 Å². The van der Waals surface area contributed by atoms with Crippen LogP contribution >= 0.6 is 0 Å². The van der Waals surface area contributed by atoms with Crippen LogP contribution in [-0.4, -0.2) is 22.7 Å². The number of carbonyl (C=O) groups is 2. The molecule has 0 spiro atoms. The average Bonchev–Trinajstić information content (AvgIpc) is 2.64. The fourth-order valence-electron chi connectivity index (χ4n) is 2.36. The lowest BCUT2D eigenvalue weighted by molar-refractivity contribution is -0.120. The molecule has 0 saturated carbocycles. The summed E-state index contributed by atoms with van der Waals surface area (Å²) < 4.78 is 0. The highest BCUT2D eigenvalue weighted by Crippen LogP contribution is 2.30. The normalized spacial score (nSPS) is 18.9. The number of nitrogens with zero attached hydrogens (tertiary/aromatic N) is 2. The van der Waals surface area contributed by atoms with E-state index in [0.29, 0.717) is 5.69 Å². The summed E-state index contributed by atoms with van der Waals surface area (Å²) in [7, 11) is 0. The molecule has 1 amide bonds. The molecule has 0 radical (unpaired) electrons. The van der Waals surface area contributed by atoms with Crippen molar-refractivity contribution in [3.05, 3.63) is 29.8 Å². The summed E-state index contributed by atoms with van der Waals surface area (Å²) in [6, 6.07) is 6.39. The van der Waals surface area contributed by atoms with Gasteiger partial charge in [0, 0.05) is 5.71 Å². The molecule has 19 heavy (non-hydrogen) atoms. The number of rotatable bonds is 3. The number of carboxylic acid groups (broad SMARTS) is 1. The quantitative estimate of drug-likeness (QED) is 0.907. The molecular formula is C14H16N2O3. The van der Waals surface area contributed by atoms with Gasteiger partial charge in [0.15, 0.2) is 0 Å². The second kappa shape index (κ2) is 4.84. The lowest BCUT2D eigenvalue weighted by Gasteiger charge is -2.17. The Hall–Kier alpha value is -2.17. The number of anilines is 1. The molecule has 1 aliphatic heterocycles. The van der Waals surface area contributed by atoms with Gasteiger partial charge in [-0.3, -0.25) is 4.79 Å². The van der Waals surface area contributed by atoms with Crippen molar-refractivity contribution in [3.63, 3.8) is 0 Å². The van der Waals surface area contributed by atoms with Gasteiger partial charge in [-0.05, 0) is 25.0 Å². The molecule has 0 saturated heterocycles. The lowest BCUT2D eigenvalue weighted by atomic mass is 9.91. The maximum Gasteiger partial charge on any atom is 0.337 e. The molecule has 1 N–H and O–H groups in total. The highest BCUT2D eigenvalue weighted by Gasteiger charge is 2.37. The molecule has 1 unspecified atom stereocenters. The third kappa shape index (κ3) is 2.23. The van der Waals surface area contributed by atoms with Gasteiger partial charge in [0.2, 0.25) is 0 Å². The zero-order valence-electron chi connectivity index (χ0n) is 11.1. The number of hydrogen-bond acceptors (Lipinski definition) is 3. The minimum Gasteiger partial charge on any atom is -0.478 e. The van der Waals surface area contributed by atoms with E-state index in [2.05, 4.69) is 5.10 Å². The summed E-state index contributed by atoms with van der Waals surface area (Å²) in [4.78, 5) is 23.5. The van der Waals surface area contributed by atoms with Gasteiger partial charge < -0.3 is 5.11 Å². The fourth-order valence-corrected chi connectivity index (χ4v) is 2.36. The van der Waals surface area contributed by atoms with E-state index in [9.17, 15) is 9.59 Å². The molecule has 1 aliphatic rings. The van der Waals surface area contributed by atoms with Crippen molar-refractivity contribution in [2.45, 2.75) is 20.8 Å². The lowest BCUT2D eigenvalue weighted by Crippen LogP contribution is -2.31. The number of benzene rings is 1. The SMILES string of the molecule is CC1=NN(c2ccccc2C(=O)O)C(=O)C1C(C)C. The zero-order chi connectivity index (χ0) is 14.2.